The van der Waals surface area contributed by atoms with E-state index in [9.17, 15) is 4.79 Å². The van der Waals surface area contributed by atoms with Gasteiger partial charge in [0.05, 0.1) is 13.2 Å². The lowest BCUT2D eigenvalue weighted by Crippen LogP contribution is -2.11. The molecule has 0 aliphatic carbocycles. The Balaban J connectivity index is 2.54. The van der Waals surface area contributed by atoms with E-state index in [1.807, 2.05) is 6.92 Å². The smallest absolute Gasteiger partial charge is 0.360 e. The summed E-state index contributed by atoms with van der Waals surface area (Å²) < 4.78 is 9.68. The van der Waals surface area contributed by atoms with E-state index >= 15 is 0 Å². The monoisotopic (exact) mass is 198 g/mol. The third-order valence-corrected chi connectivity index (χ3v) is 1.59. The zero-order valence-electron chi connectivity index (χ0n) is 8.37. The minimum Gasteiger partial charge on any atom is -0.461 e. The Hall–Kier alpha value is -1.36. The van der Waals surface area contributed by atoms with Crippen molar-refractivity contribution in [3.05, 3.63) is 17.5 Å². The van der Waals surface area contributed by atoms with Crippen LogP contribution in [0.5, 0.6) is 0 Å². The van der Waals surface area contributed by atoms with Crippen LogP contribution in [0.3, 0.4) is 0 Å². The van der Waals surface area contributed by atoms with Crippen molar-refractivity contribution in [1.29, 1.82) is 0 Å². The zero-order valence-corrected chi connectivity index (χ0v) is 8.37. The molecule has 1 N–H and O–H groups in total. The van der Waals surface area contributed by atoms with Gasteiger partial charge in [-0.15, -0.1) is 0 Å². The summed E-state index contributed by atoms with van der Waals surface area (Å²) in [5.41, 5.74) is 0.222. The Labute approximate surface area is 82.4 Å². The predicted molar refractivity (Wildman–Crippen MR) is 49.8 cm³/mol. The summed E-state index contributed by atoms with van der Waals surface area (Å²) in [5, 5.41) is 6.66. The van der Waals surface area contributed by atoms with Crippen molar-refractivity contribution >= 4 is 5.97 Å². The van der Waals surface area contributed by atoms with E-state index in [0.717, 1.165) is 6.54 Å². The molecular formula is C9H14N2O3. The number of rotatable bonds is 5. The van der Waals surface area contributed by atoms with Crippen LogP contribution in [0.1, 0.15) is 30.1 Å². The van der Waals surface area contributed by atoms with E-state index < -0.39 is 5.97 Å². The number of carbonyl (C=O) groups is 1. The molecule has 0 aliphatic rings. The van der Waals surface area contributed by atoms with Gasteiger partial charge in [-0.3, -0.25) is 0 Å². The molecule has 14 heavy (non-hydrogen) atoms. The summed E-state index contributed by atoms with van der Waals surface area (Å²) in [6, 6.07) is 1.58. The predicted octanol–water partition coefficient (Wildman–Crippen LogP) is 0.961. The van der Waals surface area contributed by atoms with Crippen molar-refractivity contribution in [2.24, 2.45) is 0 Å². The summed E-state index contributed by atoms with van der Waals surface area (Å²) in [4.78, 5) is 11.2. The zero-order chi connectivity index (χ0) is 10.4. The SMILES string of the molecule is CCNCc1cc(C(=O)OCC)no1. The highest BCUT2D eigenvalue weighted by molar-refractivity contribution is 5.87. The van der Waals surface area contributed by atoms with Gasteiger partial charge >= 0.3 is 5.97 Å². The first-order chi connectivity index (χ1) is 6.77. The van der Waals surface area contributed by atoms with Gasteiger partial charge in [0.2, 0.25) is 0 Å². The first-order valence-corrected chi connectivity index (χ1v) is 4.61. The molecule has 0 atom stereocenters. The topological polar surface area (TPSA) is 64.4 Å². The van der Waals surface area contributed by atoms with Crippen molar-refractivity contribution in [3.63, 3.8) is 0 Å². The summed E-state index contributed by atoms with van der Waals surface area (Å²) in [6.45, 7) is 5.49. The summed E-state index contributed by atoms with van der Waals surface area (Å²) in [6.07, 6.45) is 0. The second-order valence-electron chi connectivity index (χ2n) is 2.68. The second-order valence-corrected chi connectivity index (χ2v) is 2.68. The van der Waals surface area contributed by atoms with Crippen molar-refractivity contribution in [3.8, 4) is 0 Å². The summed E-state index contributed by atoms with van der Waals surface area (Å²) in [5.74, 6) is 0.189. The lowest BCUT2D eigenvalue weighted by Gasteiger charge is -1.94. The van der Waals surface area contributed by atoms with Gasteiger partial charge in [-0.1, -0.05) is 12.1 Å². The number of hydrogen-bond acceptors (Lipinski definition) is 5. The van der Waals surface area contributed by atoms with Gasteiger partial charge in [-0.25, -0.2) is 4.79 Å². The van der Waals surface area contributed by atoms with Crippen molar-refractivity contribution in [2.45, 2.75) is 20.4 Å². The highest BCUT2D eigenvalue weighted by Crippen LogP contribution is 2.04. The lowest BCUT2D eigenvalue weighted by atomic mass is 10.3. The van der Waals surface area contributed by atoms with Crippen LogP contribution in [0.15, 0.2) is 10.6 Å². The van der Waals surface area contributed by atoms with Crippen LogP contribution in [0.4, 0.5) is 0 Å². The number of hydrogen-bond donors (Lipinski definition) is 1. The average Bonchev–Trinajstić information content (AvgIpc) is 2.63. The van der Waals surface area contributed by atoms with Crippen LogP contribution in [0, 0.1) is 0 Å². The Morgan fingerprint density at radius 2 is 2.43 bits per heavy atom. The number of ether oxygens (including phenoxy) is 1. The number of carbonyl (C=O) groups excluding carboxylic acids is 1. The van der Waals surface area contributed by atoms with Crippen LogP contribution < -0.4 is 5.32 Å². The quantitative estimate of drug-likeness (QED) is 0.714. The van der Waals surface area contributed by atoms with Crippen molar-refractivity contribution in [1.82, 2.24) is 10.5 Å². The molecule has 0 radical (unpaired) electrons. The molecule has 0 spiro atoms. The molecule has 0 bridgehead atoms. The summed E-state index contributed by atoms with van der Waals surface area (Å²) >= 11 is 0. The van der Waals surface area contributed by atoms with Crippen LogP contribution in [0.25, 0.3) is 0 Å². The molecule has 1 aromatic rings. The standard InChI is InChI=1S/C9H14N2O3/c1-3-10-6-7-5-8(11-14-7)9(12)13-4-2/h5,10H,3-4,6H2,1-2H3. The fourth-order valence-electron chi connectivity index (χ4n) is 0.946. The fraction of sp³-hybridized carbons (Fsp3) is 0.556. The van der Waals surface area contributed by atoms with E-state index in [2.05, 4.69) is 10.5 Å². The first kappa shape index (κ1) is 10.7. The average molecular weight is 198 g/mol. The van der Waals surface area contributed by atoms with Crippen molar-refractivity contribution < 1.29 is 14.1 Å². The van der Waals surface area contributed by atoms with Gasteiger partial charge in [0, 0.05) is 6.07 Å². The molecule has 5 nitrogen and oxygen atoms in total. The molecule has 0 saturated carbocycles. The molecule has 1 aromatic heterocycles. The first-order valence-electron chi connectivity index (χ1n) is 4.61. The third kappa shape index (κ3) is 2.85. The second kappa shape index (κ2) is 5.39. The highest BCUT2D eigenvalue weighted by atomic mass is 16.5. The molecule has 5 heteroatoms. The number of nitrogens with one attached hydrogen (secondary N) is 1. The van der Waals surface area contributed by atoms with E-state index in [-0.39, 0.29) is 5.69 Å². The number of aromatic nitrogens is 1. The van der Waals surface area contributed by atoms with Crippen LogP contribution in [-0.2, 0) is 11.3 Å². The summed E-state index contributed by atoms with van der Waals surface area (Å²) in [7, 11) is 0. The van der Waals surface area contributed by atoms with Crippen molar-refractivity contribution in [2.75, 3.05) is 13.2 Å². The largest absolute Gasteiger partial charge is 0.461 e. The number of nitrogens with zero attached hydrogens (tertiary/aromatic N) is 1. The third-order valence-electron chi connectivity index (χ3n) is 1.59. The van der Waals surface area contributed by atoms with E-state index in [1.54, 1.807) is 13.0 Å². The molecule has 0 aromatic carbocycles. The lowest BCUT2D eigenvalue weighted by molar-refractivity contribution is 0.0514. The Morgan fingerprint density at radius 3 is 3.07 bits per heavy atom. The molecular weight excluding hydrogens is 184 g/mol. The molecule has 0 unspecified atom stereocenters. The highest BCUT2D eigenvalue weighted by Gasteiger charge is 2.12. The van der Waals surface area contributed by atoms with Gasteiger partial charge in [0.15, 0.2) is 11.5 Å². The Kier molecular flexibility index (Phi) is 4.12. The molecule has 1 heterocycles. The molecule has 0 fully saturated rings. The Morgan fingerprint density at radius 1 is 1.64 bits per heavy atom. The normalized spacial score (nSPS) is 10.1. The van der Waals surface area contributed by atoms with E-state index in [4.69, 9.17) is 9.26 Å². The molecule has 0 amide bonds. The molecule has 1 rings (SSSR count). The maximum Gasteiger partial charge on any atom is 0.360 e. The maximum absolute atomic E-state index is 11.2. The Bertz CT molecular complexity index is 296. The maximum atomic E-state index is 11.2. The van der Waals surface area contributed by atoms with Crippen LogP contribution in [-0.4, -0.2) is 24.3 Å². The van der Waals surface area contributed by atoms with Gasteiger partial charge < -0.3 is 14.6 Å². The molecule has 0 aliphatic heterocycles. The van der Waals surface area contributed by atoms with Crippen LogP contribution >= 0.6 is 0 Å². The van der Waals surface area contributed by atoms with Gasteiger partial charge in [-0.2, -0.15) is 0 Å². The minimum absolute atomic E-state index is 0.222. The number of esters is 1. The van der Waals surface area contributed by atoms with Gasteiger partial charge in [0.25, 0.3) is 0 Å². The van der Waals surface area contributed by atoms with Crippen LogP contribution in [0.2, 0.25) is 0 Å². The van der Waals surface area contributed by atoms with E-state index in [1.165, 1.54) is 0 Å². The van der Waals surface area contributed by atoms with Gasteiger partial charge in [-0.05, 0) is 13.5 Å². The minimum atomic E-state index is -0.445. The van der Waals surface area contributed by atoms with E-state index in [0.29, 0.717) is 18.9 Å². The molecule has 0 saturated heterocycles. The van der Waals surface area contributed by atoms with Gasteiger partial charge in [0.1, 0.15) is 0 Å². The fourth-order valence-corrected chi connectivity index (χ4v) is 0.946. The molecule has 78 valence electrons.